The molecule has 0 atom stereocenters. The van der Waals surface area contributed by atoms with E-state index in [2.05, 4.69) is 38.0 Å². The van der Waals surface area contributed by atoms with E-state index >= 15 is 0 Å². The van der Waals surface area contributed by atoms with Gasteiger partial charge in [0.15, 0.2) is 0 Å². The molecule has 116 valence electrons. The van der Waals surface area contributed by atoms with Crippen LogP contribution in [0.1, 0.15) is 27.7 Å². The molecule has 0 radical (unpaired) electrons. The van der Waals surface area contributed by atoms with Gasteiger partial charge >= 0.3 is 7.12 Å². The first-order valence-corrected chi connectivity index (χ1v) is 7.48. The van der Waals surface area contributed by atoms with Crippen LogP contribution in [-0.4, -0.2) is 27.9 Å². The smallest absolute Gasteiger partial charge is 0.399 e. The molecule has 0 aliphatic carbocycles. The maximum Gasteiger partial charge on any atom is 0.494 e. The van der Waals surface area contributed by atoms with E-state index in [0.29, 0.717) is 0 Å². The van der Waals surface area contributed by atoms with Crippen molar-refractivity contribution < 1.29 is 9.31 Å². The summed E-state index contributed by atoms with van der Waals surface area (Å²) in [7, 11) is 1.60. The Bertz CT molecular complexity index is 666. The molecule has 2 aromatic rings. The number of aromatic nitrogens is 2. The Morgan fingerprint density at radius 1 is 1.14 bits per heavy atom. The minimum Gasteiger partial charge on any atom is -0.399 e. The zero-order valence-corrected chi connectivity index (χ0v) is 13.8. The van der Waals surface area contributed by atoms with Crippen LogP contribution in [-0.2, 0) is 16.4 Å². The van der Waals surface area contributed by atoms with Gasteiger partial charge in [0.2, 0.25) is 5.95 Å². The van der Waals surface area contributed by atoms with Crippen LogP contribution in [0.15, 0.2) is 36.7 Å². The SMILES string of the molecule is Cn1ccnc1Nc1cccc(B2OC(C)(C)C(C)(C)O2)c1. The summed E-state index contributed by atoms with van der Waals surface area (Å²) in [5.41, 5.74) is 1.29. The summed E-state index contributed by atoms with van der Waals surface area (Å²) in [6.45, 7) is 8.23. The molecule has 1 saturated heterocycles. The molecule has 6 heteroatoms. The van der Waals surface area contributed by atoms with Gasteiger partial charge in [-0.25, -0.2) is 4.98 Å². The first kappa shape index (κ1) is 15.1. The van der Waals surface area contributed by atoms with Crippen LogP contribution in [0.4, 0.5) is 11.6 Å². The minimum absolute atomic E-state index is 0.333. The number of rotatable bonds is 3. The molecule has 1 aromatic carbocycles. The Kier molecular flexibility index (Phi) is 3.53. The first-order valence-electron chi connectivity index (χ1n) is 7.48. The second-order valence-electron chi connectivity index (χ2n) is 6.70. The molecule has 1 aliphatic heterocycles. The van der Waals surface area contributed by atoms with Gasteiger partial charge in [0.1, 0.15) is 0 Å². The monoisotopic (exact) mass is 299 g/mol. The molecule has 1 aromatic heterocycles. The highest BCUT2D eigenvalue weighted by Crippen LogP contribution is 2.36. The van der Waals surface area contributed by atoms with E-state index in [1.807, 2.05) is 42.1 Å². The lowest BCUT2D eigenvalue weighted by Gasteiger charge is -2.32. The van der Waals surface area contributed by atoms with Gasteiger partial charge in [-0.3, -0.25) is 0 Å². The number of nitrogens with zero attached hydrogens (tertiary/aromatic N) is 2. The van der Waals surface area contributed by atoms with Crippen LogP contribution in [0.3, 0.4) is 0 Å². The van der Waals surface area contributed by atoms with Gasteiger partial charge in [-0.2, -0.15) is 0 Å². The molecule has 0 bridgehead atoms. The maximum absolute atomic E-state index is 6.09. The summed E-state index contributed by atoms with van der Waals surface area (Å²) in [6.07, 6.45) is 3.67. The van der Waals surface area contributed by atoms with Crippen LogP contribution in [0.25, 0.3) is 0 Å². The van der Waals surface area contributed by atoms with Crippen molar-refractivity contribution in [3.05, 3.63) is 36.7 Å². The van der Waals surface area contributed by atoms with E-state index < -0.39 is 0 Å². The summed E-state index contributed by atoms with van der Waals surface area (Å²) in [6, 6.07) is 8.05. The lowest BCUT2D eigenvalue weighted by molar-refractivity contribution is 0.00578. The van der Waals surface area contributed by atoms with Crippen molar-refractivity contribution in [2.75, 3.05) is 5.32 Å². The first-order chi connectivity index (χ1) is 10.3. The quantitative estimate of drug-likeness (QED) is 0.885. The van der Waals surface area contributed by atoms with Crippen LogP contribution in [0.2, 0.25) is 0 Å². The standard InChI is InChI=1S/C16H22BN3O2/c1-15(2)16(3,4)22-17(21-15)12-7-6-8-13(11-12)19-14-18-9-10-20(14)5/h6-11H,1-5H3,(H,18,19). The van der Waals surface area contributed by atoms with E-state index in [4.69, 9.17) is 9.31 Å². The Morgan fingerprint density at radius 2 is 1.82 bits per heavy atom. The zero-order valence-electron chi connectivity index (χ0n) is 13.8. The number of nitrogens with one attached hydrogen (secondary N) is 1. The van der Waals surface area contributed by atoms with Crippen LogP contribution in [0, 0.1) is 0 Å². The van der Waals surface area contributed by atoms with Crippen LogP contribution < -0.4 is 10.8 Å². The normalized spacial score (nSPS) is 19.4. The molecule has 0 saturated carbocycles. The van der Waals surface area contributed by atoms with Gasteiger partial charge < -0.3 is 19.2 Å². The topological polar surface area (TPSA) is 48.3 Å². The fraction of sp³-hybridized carbons (Fsp3) is 0.438. The summed E-state index contributed by atoms with van der Waals surface area (Å²) in [4.78, 5) is 4.27. The van der Waals surface area contributed by atoms with Crippen molar-refractivity contribution in [2.24, 2.45) is 7.05 Å². The highest BCUT2D eigenvalue weighted by atomic mass is 16.7. The van der Waals surface area contributed by atoms with E-state index in [1.165, 1.54) is 0 Å². The van der Waals surface area contributed by atoms with Crippen molar-refractivity contribution in [1.82, 2.24) is 9.55 Å². The lowest BCUT2D eigenvalue weighted by Crippen LogP contribution is -2.41. The summed E-state index contributed by atoms with van der Waals surface area (Å²) < 4.78 is 14.1. The Morgan fingerprint density at radius 3 is 2.41 bits per heavy atom. The molecule has 22 heavy (non-hydrogen) atoms. The fourth-order valence-electron chi connectivity index (χ4n) is 2.36. The summed E-state index contributed by atoms with van der Waals surface area (Å²) in [5.74, 6) is 0.797. The lowest BCUT2D eigenvalue weighted by atomic mass is 9.79. The van der Waals surface area contributed by atoms with E-state index in [0.717, 1.165) is 17.1 Å². The van der Waals surface area contributed by atoms with Crippen molar-refractivity contribution in [3.63, 3.8) is 0 Å². The van der Waals surface area contributed by atoms with Gasteiger partial charge in [0.25, 0.3) is 0 Å². The Hall–Kier alpha value is -1.79. The number of hydrogen-bond donors (Lipinski definition) is 1. The van der Waals surface area contributed by atoms with Crippen molar-refractivity contribution in [3.8, 4) is 0 Å². The molecule has 5 nitrogen and oxygen atoms in total. The maximum atomic E-state index is 6.09. The Balaban J connectivity index is 1.82. The van der Waals surface area contributed by atoms with Crippen molar-refractivity contribution in [1.29, 1.82) is 0 Å². The average Bonchev–Trinajstić information content (AvgIpc) is 2.92. The number of benzene rings is 1. The molecule has 0 spiro atoms. The minimum atomic E-state index is -0.354. The summed E-state index contributed by atoms with van der Waals surface area (Å²) >= 11 is 0. The molecule has 1 fully saturated rings. The molecule has 0 unspecified atom stereocenters. The number of imidazole rings is 1. The van der Waals surface area contributed by atoms with Gasteiger partial charge in [-0.1, -0.05) is 12.1 Å². The average molecular weight is 299 g/mol. The fourth-order valence-corrected chi connectivity index (χ4v) is 2.36. The van der Waals surface area contributed by atoms with Gasteiger partial charge in [-0.05, 0) is 45.3 Å². The largest absolute Gasteiger partial charge is 0.494 e. The number of hydrogen-bond acceptors (Lipinski definition) is 4. The van der Waals surface area contributed by atoms with E-state index in [9.17, 15) is 0 Å². The highest BCUT2D eigenvalue weighted by Gasteiger charge is 2.51. The molecule has 1 N–H and O–H groups in total. The third-order valence-corrected chi connectivity index (χ3v) is 4.49. The van der Waals surface area contributed by atoms with Crippen LogP contribution in [0.5, 0.6) is 0 Å². The number of aryl methyl sites for hydroxylation is 1. The summed E-state index contributed by atoms with van der Waals surface area (Å²) in [5, 5.41) is 3.30. The molecular weight excluding hydrogens is 277 g/mol. The van der Waals surface area contributed by atoms with E-state index in [1.54, 1.807) is 6.20 Å². The van der Waals surface area contributed by atoms with Gasteiger partial charge in [0, 0.05) is 25.1 Å². The van der Waals surface area contributed by atoms with Crippen molar-refractivity contribution >= 4 is 24.2 Å². The van der Waals surface area contributed by atoms with Crippen molar-refractivity contribution in [2.45, 2.75) is 38.9 Å². The second-order valence-corrected chi connectivity index (χ2v) is 6.70. The third-order valence-electron chi connectivity index (χ3n) is 4.49. The molecule has 0 amide bonds. The second kappa shape index (κ2) is 5.14. The third kappa shape index (κ3) is 2.64. The molecule has 2 heterocycles. The van der Waals surface area contributed by atoms with E-state index in [-0.39, 0.29) is 18.3 Å². The molecule has 3 rings (SSSR count). The van der Waals surface area contributed by atoms with Gasteiger partial charge in [-0.15, -0.1) is 0 Å². The van der Waals surface area contributed by atoms with Crippen LogP contribution >= 0.6 is 0 Å². The molecule has 1 aliphatic rings. The predicted octanol–water partition coefficient (Wildman–Crippen LogP) is 2.46. The Labute approximate surface area is 131 Å². The predicted molar refractivity (Wildman–Crippen MR) is 88.6 cm³/mol. The highest BCUT2D eigenvalue weighted by molar-refractivity contribution is 6.62. The number of anilines is 2. The van der Waals surface area contributed by atoms with Gasteiger partial charge in [0.05, 0.1) is 11.2 Å². The molecular formula is C16H22BN3O2. The zero-order chi connectivity index (χ0) is 16.0.